The molecule has 0 aliphatic carbocycles. The van der Waals surface area contributed by atoms with Gasteiger partial charge in [0.15, 0.2) is 10.9 Å². The molecule has 1 aromatic heterocycles. The van der Waals surface area contributed by atoms with Gasteiger partial charge in [-0.15, -0.1) is 11.3 Å². The molecule has 0 bridgehead atoms. The van der Waals surface area contributed by atoms with Crippen LogP contribution in [0.3, 0.4) is 0 Å². The minimum atomic E-state index is 0.0389. The van der Waals surface area contributed by atoms with Crippen LogP contribution in [0.4, 0.5) is 10.8 Å². The molecule has 0 saturated carbocycles. The standard InChI is InChI=1S/C15H16ClN3OS/c1-11(20)12-2-3-14(13(16)10-12)18-5-7-19(8-6-18)15-17-4-9-21-15/h2-4,9-10H,5-8H2,1H3. The largest absolute Gasteiger partial charge is 0.367 e. The number of rotatable bonds is 3. The Bertz CT molecular complexity index is 636. The Labute approximate surface area is 133 Å². The first-order chi connectivity index (χ1) is 10.1. The molecule has 3 rings (SSSR count). The van der Waals surface area contributed by atoms with Crippen LogP contribution in [0, 0.1) is 0 Å². The topological polar surface area (TPSA) is 36.4 Å². The molecule has 1 aromatic carbocycles. The lowest BCUT2D eigenvalue weighted by molar-refractivity contribution is 0.101. The minimum Gasteiger partial charge on any atom is -0.367 e. The highest BCUT2D eigenvalue weighted by atomic mass is 35.5. The molecule has 0 N–H and O–H groups in total. The Morgan fingerprint density at radius 3 is 2.52 bits per heavy atom. The van der Waals surface area contributed by atoms with Crippen molar-refractivity contribution in [2.75, 3.05) is 36.0 Å². The van der Waals surface area contributed by atoms with Crippen molar-refractivity contribution in [3.05, 3.63) is 40.4 Å². The number of piperazine rings is 1. The van der Waals surface area contributed by atoms with Gasteiger partial charge >= 0.3 is 0 Å². The maximum atomic E-state index is 11.4. The van der Waals surface area contributed by atoms with Crippen LogP contribution in [0.1, 0.15) is 17.3 Å². The average Bonchev–Trinajstić information content (AvgIpc) is 3.01. The fourth-order valence-electron chi connectivity index (χ4n) is 2.49. The maximum absolute atomic E-state index is 11.4. The second kappa shape index (κ2) is 6.03. The zero-order valence-electron chi connectivity index (χ0n) is 11.8. The molecule has 6 heteroatoms. The summed E-state index contributed by atoms with van der Waals surface area (Å²) in [5, 5.41) is 3.72. The Kier molecular flexibility index (Phi) is 4.12. The van der Waals surface area contributed by atoms with E-state index in [1.54, 1.807) is 24.3 Å². The van der Waals surface area contributed by atoms with Gasteiger partial charge in [-0.05, 0) is 25.1 Å². The summed E-state index contributed by atoms with van der Waals surface area (Å²) < 4.78 is 0. The van der Waals surface area contributed by atoms with E-state index in [9.17, 15) is 4.79 Å². The van der Waals surface area contributed by atoms with E-state index >= 15 is 0 Å². The van der Waals surface area contributed by atoms with Gasteiger partial charge in [0.25, 0.3) is 0 Å². The molecule has 1 aliphatic heterocycles. The number of carbonyl (C=O) groups excluding carboxylic acids is 1. The summed E-state index contributed by atoms with van der Waals surface area (Å²) >= 11 is 7.99. The fraction of sp³-hybridized carbons (Fsp3) is 0.333. The van der Waals surface area contributed by atoms with Gasteiger partial charge < -0.3 is 9.80 Å². The lowest BCUT2D eigenvalue weighted by Crippen LogP contribution is -2.46. The quantitative estimate of drug-likeness (QED) is 0.813. The highest BCUT2D eigenvalue weighted by Crippen LogP contribution is 2.29. The fourth-order valence-corrected chi connectivity index (χ4v) is 3.49. The second-order valence-electron chi connectivity index (χ2n) is 5.01. The van der Waals surface area contributed by atoms with Crippen molar-refractivity contribution in [1.82, 2.24) is 4.98 Å². The van der Waals surface area contributed by atoms with Crippen molar-refractivity contribution in [3.8, 4) is 0 Å². The van der Waals surface area contributed by atoms with Crippen LogP contribution in [0.15, 0.2) is 29.8 Å². The number of anilines is 2. The molecule has 110 valence electrons. The molecule has 21 heavy (non-hydrogen) atoms. The predicted octanol–water partition coefficient (Wildman–Crippen LogP) is 3.33. The molecule has 1 fully saturated rings. The van der Waals surface area contributed by atoms with Gasteiger partial charge in [-0.2, -0.15) is 0 Å². The highest BCUT2D eigenvalue weighted by Gasteiger charge is 2.20. The SMILES string of the molecule is CC(=O)c1ccc(N2CCN(c3nccs3)CC2)c(Cl)c1. The molecule has 1 aliphatic rings. The van der Waals surface area contributed by atoms with Crippen molar-refractivity contribution in [1.29, 1.82) is 0 Å². The molecule has 0 radical (unpaired) electrons. The number of hydrogen-bond acceptors (Lipinski definition) is 5. The predicted molar refractivity (Wildman–Crippen MR) is 88.0 cm³/mol. The Morgan fingerprint density at radius 1 is 1.24 bits per heavy atom. The average molecular weight is 322 g/mol. The highest BCUT2D eigenvalue weighted by molar-refractivity contribution is 7.13. The first kappa shape index (κ1) is 14.4. The van der Waals surface area contributed by atoms with Gasteiger partial charge in [-0.3, -0.25) is 4.79 Å². The summed E-state index contributed by atoms with van der Waals surface area (Å²) in [4.78, 5) is 20.3. The normalized spacial score (nSPS) is 15.3. The summed E-state index contributed by atoms with van der Waals surface area (Å²) in [5.74, 6) is 0.0389. The van der Waals surface area contributed by atoms with Crippen molar-refractivity contribution in [3.63, 3.8) is 0 Å². The van der Waals surface area contributed by atoms with E-state index in [0.717, 1.165) is 37.0 Å². The zero-order valence-corrected chi connectivity index (χ0v) is 13.3. The van der Waals surface area contributed by atoms with E-state index in [-0.39, 0.29) is 5.78 Å². The Hall–Kier alpha value is -1.59. The summed E-state index contributed by atoms with van der Waals surface area (Å²) in [7, 11) is 0. The minimum absolute atomic E-state index is 0.0389. The van der Waals surface area contributed by atoms with Crippen molar-refractivity contribution in [2.45, 2.75) is 6.92 Å². The number of halogens is 1. The van der Waals surface area contributed by atoms with Crippen molar-refractivity contribution < 1.29 is 4.79 Å². The van der Waals surface area contributed by atoms with Crippen LogP contribution in [-0.4, -0.2) is 36.9 Å². The van der Waals surface area contributed by atoms with E-state index in [0.29, 0.717) is 10.6 Å². The van der Waals surface area contributed by atoms with E-state index in [4.69, 9.17) is 11.6 Å². The summed E-state index contributed by atoms with van der Waals surface area (Å²) in [6, 6.07) is 5.54. The molecule has 0 spiro atoms. The lowest BCUT2D eigenvalue weighted by atomic mass is 10.1. The number of thiazole rings is 1. The molecule has 2 heterocycles. The zero-order chi connectivity index (χ0) is 14.8. The first-order valence-corrected chi connectivity index (χ1v) is 8.11. The summed E-state index contributed by atoms with van der Waals surface area (Å²) in [6.07, 6.45) is 1.84. The third-order valence-electron chi connectivity index (χ3n) is 3.66. The third-order valence-corrected chi connectivity index (χ3v) is 4.80. The third kappa shape index (κ3) is 3.04. The summed E-state index contributed by atoms with van der Waals surface area (Å²) in [6.45, 7) is 5.21. The number of aromatic nitrogens is 1. The van der Waals surface area contributed by atoms with Crippen LogP contribution in [-0.2, 0) is 0 Å². The molecule has 2 aromatic rings. The number of Topliss-reactive ketones (excluding diaryl/α,β-unsaturated/α-hetero) is 1. The number of ketones is 1. The maximum Gasteiger partial charge on any atom is 0.185 e. The molecule has 0 unspecified atom stereocenters. The van der Waals surface area contributed by atoms with Gasteiger partial charge in [-0.25, -0.2) is 4.98 Å². The van der Waals surface area contributed by atoms with Gasteiger partial charge in [0.05, 0.1) is 10.7 Å². The van der Waals surface area contributed by atoms with Gasteiger partial charge in [-0.1, -0.05) is 11.6 Å². The Morgan fingerprint density at radius 2 is 1.95 bits per heavy atom. The van der Waals surface area contributed by atoms with Gasteiger partial charge in [0, 0.05) is 43.3 Å². The Balaban J connectivity index is 1.71. The number of nitrogens with zero attached hydrogens (tertiary/aromatic N) is 3. The van der Waals surface area contributed by atoms with Gasteiger partial charge in [0.1, 0.15) is 0 Å². The smallest absolute Gasteiger partial charge is 0.185 e. The monoisotopic (exact) mass is 321 g/mol. The number of benzene rings is 1. The molecule has 1 saturated heterocycles. The molecule has 4 nitrogen and oxygen atoms in total. The summed E-state index contributed by atoms with van der Waals surface area (Å²) in [5.41, 5.74) is 1.66. The van der Waals surface area contributed by atoms with E-state index < -0.39 is 0 Å². The van der Waals surface area contributed by atoms with Crippen LogP contribution < -0.4 is 9.80 Å². The molecular formula is C15H16ClN3OS. The van der Waals surface area contributed by atoms with Crippen LogP contribution in [0.5, 0.6) is 0 Å². The number of hydrogen-bond donors (Lipinski definition) is 0. The molecule has 0 atom stereocenters. The van der Waals surface area contributed by atoms with E-state index in [1.807, 2.05) is 23.7 Å². The number of carbonyl (C=O) groups is 1. The van der Waals surface area contributed by atoms with Crippen LogP contribution in [0.2, 0.25) is 5.02 Å². The van der Waals surface area contributed by atoms with Crippen molar-refractivity contribution in [2.24, 2.45) is 0 Å². The van der Waals surface area contributed by atoms with Crippen molar-refractivity contribution >= 4 is 39.5 Å². The van der Waals surface area contributed by atoms with Crippen LogP contribution in [0.25, 0.3) is 0 Å². The van der Waals surface area contributed by atoms with Gasteiger partial charge in [0.2, 0.25) is 0 Å². The lowest BCUT2D eigenvalue weighted by Gasteiger charge is -2.36. The molecule has 0 amide bonds. The second-order valence-corrected chi connectivity index (χ2v) is 6.29. The van der Waals surface area contributed by atoms with Crippen LogP contribution >= 0.6 is 22.9 Å². The first-order valence-electron chi connectivity index (χ1n) is 6.85. The molecular weight excluding hydrogens is 306 g/mol. The van der Waals surface area contributed by atoms with E-state index in [2.05, 4.69) is 14.8 Å². The van der Waals surface area contributed by atoms with E-state index in [1.165, 1.54) is 0 Å².